The van der Waals surface area contributed by atoms with Gasteiger partial charge in [0.05, 0.1) is 16.8 Å². The van der Waals surface area contributed by atoms with Crippen molar-refractivity contribution in [3.8, 4) is 5.69 Å². The quantitative estimate of drug-likeness (QED) is 0.573. The molecule has 0 radical (unpaired) electrons. The summed E-state index contributed by atoms with van der Waals surface area (Å²) in [6.07, 6.45) is 1.55. The van der Waals surface area contributed by atoms with Crippen LogP contribution in [0.3, 0.4) is 0 Å². The fourth-order valence-electron chi connectivity index (χ4n) is 2.90. The van der Waals surface area contributed by atoms with E-state index in [1.54, 1.807) is 35.2 Å². The topological polar surface area (TPSA) is 85.3 Å². The summed E-state index contributed by atoms with van der Waals surface area (Å²) in [4.78, 5) is 27.4. The number of carboxylic acid groups (broad SMARTS) is 1. The van der Waals surface area contributed by atoms with Crippen molar-refractivity contribution in [3.63, 3.8) is 0 Å². The summed E-state index contributed by atoms with van der Waals surface area (Å²) in [5.41, 5.74) is 2.62. The molecule has 0 bridgehead atoms. The van der Waals surface area contributed by atoms with E-state index in [2.05, 4.69) is 4.98 Å². The van der Waals surface area contributed by atoms with Crippen molar-refractivity contribution in [2.24, 2.45) is 0 Å². The number of aromatic nitrogens is 2. The highest BCUT2D eigenvalue weighted by molar-refractivity contribution is 6.01. The number of para-hydroxylation sites is 1. The molecule has 0 saturated heterocycles. The molecule has 4 rings (SSSR count). The third-order valence-electron chi connectivity index (χ3n) is 4.01. The Bertz CT molecular complexity index is 1170. The zero-order valence-electron chi connectivity index (χ0n) is 12.7. The monoisotopic (exact) mass is 320 g/mol. The number of fused-ring (bicyclic) bond motifs is 3. The number of aryl methyl sites for hydroxylation is 1. The van der Waals surface area contributed by atoms with Crippen molar-refractivity contribution in [2.75, 3.05) is 0 Å². The molecule has 0 amide bonds. The van der Waals surface area contributed by atoms with Crippen molar-refractivity contribution in [3.05, 3.63) is 70.3 Å². The molecule has 0 unspecified atom stereocenters. The first-order valence-corrected chi connectivity index (χ1v) is 7.29. The average molecular weight is 320 g/mol. The van der Waals surface area contributed by atoms with Crippen LogP contribution in [-0.4, -0.2) is 20.6 Å². The van der Waals surface area contributed by atoms with E-state index in [0.717, 1.165) is 16.6 Å². The van der Waals surface area contributed by atoms with Crippen LogP contribution in [0.15, 0.2) is 58.0 Å². The first-order valence-electron chi connectivity index (χ1n) is 7.29. The van der Waals surface area contributed by atoms with Gasteiger partial charge in [-0.25, -0.2) is 14.6 Å². The number of hydrogen-bond acceptors (Lipinski definition) is 4. The molecule has 6 nitrogen and oxygen atoms in total. The molecule has 0 saturated carbocycles. The lowest BCUT2D eigenvalue weighted by Crippen LogP contribution is -2.03. The van der Waals surface area contributed by atoms with Crippen LogP contribution in [0.4, 0.5) is 0 Å². The van der Waals surface area contributed by atoms with Gasteiger partial charge in [-0.1, -0.05) is 12.1 Å². The summed E-state index contributed by atoms with van der Waals surface area (Å²) in [5, 5.41) is 9.88. The van der Waals surface area contributed by atoms with Crippen LogP contribution in [0.1, 0.15) is 15.9 Å². The second kappa shape index (κ2) is 5.06. The van der Waals surface area contributed by atoms with Crippen molar-refractivity contribution >= 4 is 28.0 Å². The molecule has 24 heavy (non-hydrogen) atoms. The van der Waals surface area contributed by atoms with Crippen LogP contribution in [0, 0.1) is 6.92 Å². The fraction of sp³-hybridized carbons (Fsp3) is 0.0556. The maximum absolute atomic E-state index is 12.1. The SMILES string of the molecule is Cc1cc(C(=O)O)ccc1-n1cnc2c(=O)oc3ccccc3c21. The number of nitrogens with zero attached hydrogens (tertiary/aromatic N) is 2. The van der Waals surface area contributed by atoms with E-state index in [0.29, 0.717) is 11.1 Å². The molecule has 0 atom stereocenters. The highest BCUT2D eigenvalue weighted by Crippen LogP contribution is 2.26. The number of carboxylic acids is 1. The van der Waals surface area contributed by atoms with Crippen LogP contribution in [0.5, 0.6) is 0 Å². The number of aromatic carboxylic acids is 1. The Morgan fingerprint density at radius 3 is 2.75 bits per heavy atom. The summed E-state index contributed by atoms with van der Waals surface area (Å²) in [7, 11) is 0. The van der Waals surface area contributed by atoms with Gasteiger partial charge in [-0.3, -0.25) is 4.57 Å². The molecule has 4 aromatic rings. The van der Waals surface area contributed by atoms with Crippen molar-refractivity contribution in [1.82, 2.24) is 9.55 Å². The summed E-state index contributed by atoms with van der Waals surface area (Å²) < 4.78 is 7.08. The van der Waals surface area contributed by atoms with Gasteiger partial charge in [0, 0.05) is 5.39 Å². The predicted molar refractivity (Wildman–Crippen MR) is 88.8 cm³/mol. The van der Waals surface area contributed by atoms with Crippen molar-refractivity contribution in [2.45, 2.75) is 6.92 Å². The Morgan fingerprint density at radius 1 is 1.21 bits per heavy atom. The van der Waals surface area contributed by atoms with E-state index in [9.17, 15) is 9.59 Å². The number of imidazole rings is 1. The van der Waals surface area contributed by atoms with E-state index in [-0.39, 0.29) is 11.1 Å². The van der Waals surface area contributed by atoms with Crippen LogP contribution < -0.4 is 5.63 Å². The highest BCUT2D eigenvalue weighted by Gasteiger charge is 2.15. The number of carbonyl (C=O) groups is 1. The van der Waals surface area contributed by atoms with E-state index in [4.69, 9.17) is 9.52 Å². The van der Waals surface area contributed by atoms with Gasteiger partial charge in [-0.05, 0) is 42.8 Å². The lowest BCUT2D eigenvalue weighted by Gasteiger charge is -2.10. The maximum Gasteiger partial charge on any atom is 0.364 e. The molecule has 1 N–H and O–H groups in total. The van der Waals surface area contributed by atoms with E-state index in [1.807, 2.05) is 19.1 Å². The molecule has 6 heteroatoms. The number of rotatable bonds is 2. The molecule has 2 aromatic carbocycles. The van der Waals surface area contributed by atoms with Gasteiger partial charge in [0.15, 0.2) is 5.52 Å². The zero-order chi connectivity index (χ0) is 16.8. The fourth-order valence-corrected chi connectivity index (χ4v) is 2.90. The minimum atomic E-state index is -0.980. The van der Waals surface area contributed by atoms with Crippen LogP contribution >= 0.6 is 0 Å². The first kappa shape index (κ1) is 14.2. The Kier molecular flexibility index (Phi) is 2.99. The standard InChI is InChI=1S/C18H12N2O4/c1-10-8-11(17(21)22)6-7-13(10)20-9-19-15-16(20)12-4-2-3-5-14(12)24-18(15)23/h2-9H,1H3,(H,21,22). The van der Waals surface area contributed by atoms with Crippen molar-refractivity contribution < 1.29 is 14.3 Å². The summed E-state index contributed by atoms with van der Waals surface area (Å²) in [6.45, 7) is 1.82. The number of hydrogen-bond donors (Lipinski definition) is 1. The Hall–Kier alpha value is -3.41. The molecule has 118 valence electrons. The number of benzene rings is 2. The molecular weight excluding hydrogens is 308 g/mol. The van der Waals surface area contributed by atoms with Crippen LogP contribution in [0.2, 0.25) is 0 Å². The molecule has 2 aromatic heterocycles. The van der Waals surface area contributed by atoms with E-state index < -0.39 is 11.6 Å². The van der Waals surface area contributed by atoms with E-state index >= 15 is 0 Å². The molecule has 0 aliphatic rings. The minimum absolute atomic E-state index is 0.213. The van der Waals surface area contributed by atoms with Gasteiger partial charge in [-0.2, -0.15) is 0 Å². The van der Waals surface area contributed by atoms with Crippen LogP contribution in [0.25, 0.3) is 27.7 Å². The summed E-state index contributed by atoms with van der Waals surface area (Å²) in [6, 6.07) is 12.1. The molecule has 0 spiro atoms. The highest BCUT2D eigenvalue weighted by atomic mass is 16.4. The second-order valence-corrected chi connectivity index (χ2v) is 5.50. The normalized spacial score (nSPS) is 11.2. The van der Waals surface area contributed by atoms with Gasteiger partial charge in [0.2, 0.25) is 0 Å². The Morgan fingerprint density at radius 2 is 2.00 bits per heavy atom. The molecule has 0 aliphatic carbocycles. The second-order valence-electron chi connectivity index (χ2n) is 5.50. The van der Waals surface area contributed by atoms with Gasteiger partial charge in [0.25, 0.3) is 0 Å². The van der Waals surface area contributed by atoms with E-state index in [1.165, 1.54) is 6.07 Å². The lowest BCUT2D eigenvalue weighted by molar-refractivity contribution is 0.0697. The molecular formula is C18H12N2O4. The largest absolute Gasteiger partial charge is 0.478 e. The zero-order valence-corrected chi connectivity index (χ0v) is 12.7. The van der Waals surface area contributed by atoms with Gasteiger partial charge in [-0.15, -0.1) is 0 Å². The van der Waals surface area contributed by atoms with Crippen LogP contribution in [-0.2, 0) is 0 Å². The summed E-state index contributed by atoms with van der Waals surface area (Å²) in [5.74, 6) is -0.980. The van der Waals surface area contributed by atoms with Gasteiger partial charge >= 0.3 is 11.6 Å². The smallest absolute Gasteiger partial charge is 0.364 e. The third kappa shape index (κ3) is 2.00. The van der Waals surface area contributed by atoms with Crippen molar-refractivity contribution in [1.29, 1.82) is 0 Å². The lowest BCUT2D eigenvalue weighted by atomic mass is 10.1. The average Bonchev–Trinajstić information content (AvgIpc) is 3.00. The van der Waals surface area contributed by atoms with Gasteiger partial charge in [0.1, 0.15) is 11.9 Å². The Labute approximate surface area is 135 Å². The molecule has 0 fully saturated rings. The predicted octanol–water partition coefficient (Wildman–Crippen LogP) is 3.14. The molecule has 0 aliphatic heterocycles. The summed E-state index contributed by atoms with van der Waals surface area (Å²) >= 11 is 0. The third-order valence-corrected chi connectivity index (χ3v) is 4.01. The maximum atomic E-state index is 12.1. The van der Waals surface area contributed by atoms with Gasteiger partial charge < -0.3 is 9.52 Å². The minimum Gasteiger partial charge on any atom is -0.478 e. The molecule has 2 heterocycles. The Balaban J connectivity index is 2.08. The first-order chi connectivity index (χ1) is 11.6.